The minimum absolute atomic E-state index is 0.0786. The van der Waals surface area contributed by atoms with E-state index >= 15 is 0 Å². The lowest BCUT2D eigenvalue weighted by molar-refractivity contribution is -0.114. The van der Waals surface area contributed by atoms with Gasteiger partial charge in [-0.05, 0) is 45.8 Å². The summed E-state index contributed by atoms with van der Waals surface area (Å²) in [5, 5.41) is 6.82. The number of halogens is 2. The Balaban J connectivity index is 2.12. The molecular weight excluding hydrogens is 340 g/mol. The minimum atomic E-state index is -0.0786. The predicted molar refractivity (Wildman–Crippen MR) is 87.2 cm³/mol. The van der Waals surface area contributed by atoms with Crippen molar-refractivity contribution in [3.8, 4) is 0 Å². The van der Waals surface area contributed by atoms with Gasteiger partial charge in [0.05, 0.1) is 0 Å². The zero-order valence-corrected chi connectivity index (χ0v) is 13.3. The molecule has 2 N–H and O–H groups in total. The van der Waals surface area contributed by atoms with Crippen molar-refractivity contribution >= 4 is 44.8 Å². The van der Waals surface area contributed by atoms with Crippen LogP contribution in [-0.2, 0) is 11.3 Å². The summed E-state index contributed by atoms with van der Waals surface area (Å²) in [7, 11) is 0. The first-order valence-corrected chi connectivity index (χ1v) is 7.28. The fourth-order valence-corrected chi connectivity index (χ4v) is 2.63. The van der Waals surface area contributed by atoms with Crippen LogP contribution in [-0.4, -0.2) is 5.91 Å². The molecule has 1 amide bonds. The highest BCUT2D eigenvalue weighted by Gasteiger charge is 2.05. The summed E-state index contributed by atoms with van der Waals surface area (Å²) in [6.07, 6.45) is 0. The Kier molecular flexibility index (Phi) is 5.04. The second-order valence-corrected chi connectivity index (χ2v) is 5.61. The van der Waals surface area contributed by atoms with Crippen LogP contribution in [0.25, 0.3) is 0 Å². The molecular formula is C15H14BrClN2O. The van der Waals surface area contributed by atoms with Gasteiger partial charge in [0.15, 0.2) is 0 Å². The van der Waals surface area contributed by atoms with Gasteiger partial charge in [-0.15, -0.1) is 0 Å². The van der Waals surface area contributed by atoms with Crippen LogP contribution < -0.4 is 10.6 Å². The summed E-state index contributed by atoms with van der Waals surface area (Å²) in [6.45, 7) is 2.11. The maximum atomic E-state index is 11.2. The molecule has 104 valence electrons. The summed E-state index contributed by atoms with van der Waals surface area (Å²) in [5.41, 5.74) is 2.79. The molecule has 2 aromatic rings. The fourth-order valence-electron chi connectivity index (χ4n) is 1.81. The van der Waals surface area contributed by atoms with Gasteiger partial charge in [0, 0.05) is 34.3 Å². The summed E-state index contributed by atoms with van der Waals surface area (Å²) in [6, 6.07) is 13.3. The summed E-state index contributed by atoms with van der Waals surface area (Å²) in [4.78, 5) is 11.2. The monoisotopic (exact) mass is 352 g/mol. The average Bonchev–Trinajstić information content (AvgIpc) is 2.39. The molecule has 0 aliphatic carbocycles. The molecule has 0 bridgehead atoms. The quantitative estimate of drug-likeness (QED) is 0.838. The van der Waals surface area contributed by atoms with Crippen LogP contribution in [0.2, 0.25) is 5.02 Å². The number of hydrogen-bond donors (Lipinski definition) is 2. The second-order valence-electron chi connectivity index (χ2n) is 4.32. The number of anilines is 2. The first-order chi connectivity index (χ1) is 9.56. The molecule has 0 saturated carbocycles. The van der Waals surface area contributed by atoms with Crippen molar-refractivity contribution in [1.82, 2.24) is 0 Å². The smallest absolute Gasteiger partial charge is 0.221 e. The molecule has 2 aromatic carbocycles. The van der Waals surface area contributed by atoms with Gasteiger partial charge >= 0.3 is 0 Å². The summed E-state index contributed by atoms with van der Waals surface area (Å²) < 4.78 is 0.905. The first-order valence-electron chi connectivity index (χ1n) is 6.10. The third-order valence-electron chi connectivity index (χ3n) is 2.73. The maximum Gasteiger partial charge on any atom is 0.221 e. The third-order valence-corrected chi connectivity index (χ3v) is 3.62. The van der Waals surface area contributed by atoms with Crippen molar-refractivity contribution < 1.29 is 4.79 Å². The summed E-state index contributed by atoms with van der Waals surface area (Å²) >= 11 is 9.37. The van der Waals surface area contributed by atoms with Gasteiger partial charge in [-0.3, -0.25) is 4.79 Å². The molecule has 2 rings (SSSR count). The van der Waals surface area contributed by atoms with E-state index in [1.165, 1.54) is 6.92 Å². The van der Waals surface area contributed by atoms with Crippen LogP contribution in [0.4, 0.5) is 11.4 Å². The van der Waals surface area contributed by atoms with Gasteiger partial charge < -0.3 is 10.6 Å². The Hall–Kier alpha value is -1.52. The van der Waals surface area contributed by atoms with E-state index in [-0.39, 0.29) is 5.91 Å². The number of para-hydroxylation sites is 1. The number of carbonyl (C=O) groups is 1. The second kappa shape index (κ2) is 6.77. The number of benzene rings is 2. The molecule has 0 unspecified atom stereocenters. The van der Waals surface area contributed by atoms with Crippen LogP contribution in [0.1, 0.15) is 12.5 Å². The molecule has 20 heavy (non-hydrogen) atoms. The van der Waals surface area contributed by atoms with E-state index in [9.17, 15) is 4.79 Å². The Morgan fingerprint density at radius 2 is 1.95 bits per heavy atom. The van der Waals surface area contributed by atoms with Crippen LogP contribution >= 0.6 is 27.5 Å². The average molecular weight is 354 g/mol. The van der Waals surface area contributed by atoms with E-state index in [0.717, 1.165) is 21.4 Å². The molecule has 0 radical (unpaired) electrons. The van der Waals surface area contributed by atoms with Crippen molar-refractivity contribution in [2.45, 2.75) is 13.5 Å². The number of rotatable bonds is 4. The molecule has 0 aliphatic heterocycles. The van der Waals surface area contributed by atoms with Crippen molar-refractivity contribution in [2.24, 2.45) is 0 Å². The molecule has 3 nitrogen and oxygen atoms in total. The standard InChI is InChI=1S/C15H14BrClN2O/c1-10(20)19-14-5-3-2-4-11(14)9-18-15-7-6-12(17)8-13(15)16/h2-8,18H,9H2,1H3,(H,19,20). The van der Waals surface area contributed by atoms with Gasteiger partial charge in [-0.1, -0.05) is 29.8 Å². The van der Waals surface area contributed by atoms with E-state index in [4.69, 9.17) is 11.6 Å². The van der Waals surface area contributed by atoms with Crippen molar-refractivity contribution in [2.75, 3.05) is 10.6 Å². The predicted octanol–water partition coefficient (Wildman–Crippen LogP) is 4.67. The number of carbonyl (C=O) groups excluding carboxylic acids is 1. The molecule has 0 spiro atoms. The molecule has 0 atom stereocenters. The molecule has 0 aliphatic rings. The van der Waals surface area contributed by atoms with E-state index in [0.29, 0.717) is 11.6 Å². The van der Waals surface area contributed by atoms with Crippen LogP contribution in [0, 0.1) is 0 Å². The Bertz CT molecular complexity index is 631. The van der Waals surface area contributed by atoms with E-state index in [2.05, 4.69) is 26.6 Å². The largest absolute Gasteiger partial charge is 0.380 e. The Morgan fingerprint density at radius 1 is 1.20 bits per heavy atom. The van der Waals surface area contributed by atoms with Crippen LogP contribution in [0.15, 0.2) is 46.9 Å². The third kappa shape index (κ3) is 3.99. The fraction of sp³-hybridized carbons (Fsp3) is 0.133. The highest BCUT2D eigenvalue weighted by Crippen LogP contribution is 2.27. The van der Waals surface area contributed by atoms with E-state index < -0.39 is 0 Å². The highest BCUT2D eigenvalue weighted by molar-refractivity contribution is 9.10. The lowest BCUT2D eigenvalue weighted by Gasteiger charge is -2.12. The number of nitrogens with one attached hydrogen (secondary N) is 2. The van der Waals surface area contributed by atoms with Gasteiger partial charge in [0.2, 0.25) is 5.91 Å². The molecule has 0 fully saturated rings. The van der Waals surface area contributed by atoms with Crippen molar-refractivity contribution in [3.05, 3.63) is 57.5 Å². The normalized spacial score (nSPS) is 10.2. The lowest BCUT2D eigenvalue weighted by Crippen LogP contribution is -2.10. The number of amides is 1. The van der Waals surface area contributed by atoms with Crippen LogP contribution in [0.5, 0.6) is 0 Å². The van der Waals surface area contributed by atoms with E-state index in [1.54, 1.807) is 0 Å². The molecule has 0 heterocycles. The van der Waals surface area contributed by atoms with Gasteiger partial charge in [-0.25, -0.2) is 0 Å². The minimum Gasteiger partial charge on any atom is -0.380 e. The molecule has 0 saturated heterocycles. The van der Waals surface area contributed by atoms with Gasteiger partial charge in [0.25, 0.3) is 0 Å². The molecule has 0 aromatic heterocycles. The van der Waals surface area contributed by atoms with Crippen LogP contribution in [0.3, 0.4) is 0 Å². The first kappa shape index (κ1) is 14.9. The Labute approximate surface area is 131 Å². The summed E-state index contributed by atoms with van der Waals surface area (Å²) in [5.74, 6) is -0.0786. The van der Waals surface area contributed by atoms with Gasteiger partial charge in [-0.2, -0.15) is 0 Å². The SMILES string of the molecule is CC(=O)Nc1ccccc1CNc1ccc(Cl)cc1Br. The van der Waals surface area contributed by atoms with Crippen molar-refractivity contribution in [1.29, 1.82) is 0 Å². The number of hydrogen-bond acceptors (Lipinski definition) is 2. The zero-order valence-electron chi connectivity index (χ0n) is 10.9. The highest BCUT2D eigenvalue weighted by atomic mass is 79.9. The maximum absolute atomic E-state index is 11.2. The lowest BCUT2D eigenvalue weighted by atomic mass is 10.1. The zero-order chi connectivity index (χ0) is 14.5. The van der Waals surface area contributed by atoms with Gasteiger partial charge in [0.1, 0.15) is 0 Å². The Morgan fingerprint density at radius 3 is 2.65 bits per heavy atom. The van der Waals surface area contributed by atoms with E-state index in [1.807, 2.05) is 42.5 Å². The van der Waals surface area contributed by atoms with Crippen molar-refractivity contribution in [3.63, 3.8) is 0 Å². The molecule has 5 heteroatoms. The topological polar surface area (TPSA) is 41.1 Å².